The largest absolute Gasteiger partial charge is 0.311 e. The standard InChI is InChI=1S/C64H67BN2S/c1-38-19-17-18-22-51(38)67-55-33-41(40-20-15-14-16-21-40)32-54-57(55)65(49-25-24-43-44-34-45-48(37-56(44)68-59(43)58(49)67)64(12,13)30-27-61(45,6)7)50-35-46-47(63(10,11)29-28-62(46,8)9)36-53(50)66(54)52-26-23-42(31-39(52)2)60(3,4)5/h14-26,31-37H,27-30H2,1-13H3. The number of rotatable bonds is 3. The van der Waals surface area contributed by atoms with E-state index in [2.05, 4.69) is 221 Å². The summed E-state index contributed by atoms with van der Waals surface area (Å²) in [6.07, 6.45) is 4.76. The van der Waals surface area contributed by atoms with Crippen LogP contribution >= 0.6 is 11.3 Å². The van der Waals surface area contributed by atoms with Crippen molar-refractivity contribution in [3.8, 4) is 11.1 Å². The Morgan fingerprint density at radius 2 is 1.04 bits per heavy atom. The molecule has 68 heavy (non-hydrogen) atoms. The molecule has 7 aromatic carbocycles. The van der Waals surface area contributed by atoms with Crippen molar-refractivity contribution in [1.29, 1.82) is 0 Å². The second-order valence-corrected chi connectivity index (χ2v) is 25.9. The minimum atomic E-state index is 0.0207. The summed E-state index contributed by atoms with van der Waals surface area (Å²) >= 11 is 2.02. The Morgan fingerprint density at radius 3 is 1.68 bits per heavy atom. The van der Waals surface area contributed by atoms with E-state index in [0.29, 0.717) is 0 Å². The third kappa shape index (κ3) is 6.34. The smallest absolute Gasteiger partial charge is 0.252 e. The zero-order valence-corrected chi connectivity index (χ0v) is 43.6. The molecule has 2 nitrogen and oxygen atoms in total. The van der Waals surface area contributed by atoms with Crippen molar-refractivity contribution < 1.29 is 0 Å². The fourth-order valence-corrected chi connectivity index (χ4v) is 14.2. The first-order valence-electron chi connectivity index (χ1n) is 25.4. The number of para-hydroxylation sites is 1. The molecule has 2 aliphatic carbocycles. The highest BCUT2D eigenvalue weighted by Gasteiger charge is 2.48. The van der Waals surface area contributed by atoms with E-state index in [1.165, 1.54) is 146 Å². The summed E-state index contributed by atoms with van der Waals surface area (Å²) in [6, 6.07) is 48.2. The van der Waals surface area contributed by atoms with Gasteiger partial charge in [-0.05, 0) is 176 Å². The van der Waals surface area contributed by atoms with Gasteiger partial charge in [-0.1, -0.05) is 155 Å². The lowest BCUT2D eigenvalue weighted by Gasteiger charge is -2.48. The third-order valence-electron chi connectivity index (χ3n) is 17.4. The molecule has 0 N–H and O–H groups in total. The van der Waals surface area contributed by atoms with Crippen molar-refractivity contribution in [2.24, 2.45) is 0 Å². The van der Waals surface area contributed by atoms with E-state index in [9.17, 15) is 0 Å². The van der Waals surface area contributed by atoms with Gasteiger partial charge in [0.2, 0.25) is 0 Å². The molecular formula is C64H67BN2S. The number of anilines is 6. The Labute approximate surface area is 410 Å². The fourth-order valence-electron chi connectivity index (χ4n) is 12.9. The number of hydrogen-bond acceptors (Lipinski definition) is 3. The molecule has 0 bridgehead atoms. The molecule has 0 fully saturated rings. The van der Waals surface area contributed by atoms with Crippen LogP contribution in [0.25, 0.3) is 31.3 Å². The molecule has 0 amide bonds. The van der Waals surface area contributed by atoms with Crippen LogP contribution in [0.5, 0.6) is 0 Å². The minimum absolute atomic E-state index is 0.0207. The van der Waals surface area contributed by atoms with Crippen molar-refractivity contribution in [1.82, 2.24) is 0 Å². The molecule has 4 heteroatoms. The van der Waals surface area contributed by atoms with E-state index in [1.807, 2.05) is 11.3 Å². The highest BCUT2D eigenvalue weighted by molar-refractivity contribution is 7.26. The molecule has 8 aromatic rings. The lowest BCUT2D eigenvalue weighted by Crippen LogP contribution is -2.62. The van der Waals surface area contributed by atoms with Crippen LogP contribution < -0.4 is 26.2 Å². The first-order valence-corrected chi connectivity index (χ1v) is 26.2. The molecule has 0 saturated carbocycles. The topological polar surface area (TPSA) is 6.48 Å². The van der Waals surface area contributed by atoms with Gasteiger partial charge >= 0.3 is 0 Å². The van der Waals surface area contributed by atoms with Crippen LogP contribution in [-0.4, -0.2) is 6.71 Å². The molecule has 342 valence electrons. The number of hydrogen-bond donors (Lipinski definition) is 0. The van der Waals surface area contributed by atoms with Gasteiger partial charge in [-0.2, -0.15) is 0 Å². The Bertz CT molecular complexity index is 3430. The highest BCUT2D eigenvalue weighted by Crippen LogP contribution is 2.55. The lowest BCUT2D eigenvalue weighted by molar-refractivity contribution is 0.332. The molecule has 0 radical (unpaired) electrons. The maximum absolute atomic E-state index is 2.70. The van der Waals surface area contributed by atoms with Crippen LogP contribution in [0.15, 0.2) is 121 Å². The van der Waals surface area contributed by atoms with Gasteiger partial charge in [0.1, 0.15) is 0 Å². The molecular weight excluding hydrogens is 840 g/mol. The SMILES string of the molecule is Cc1cc(C(C)(C)C)ccc1N1c2cc3c(cc2B2c4ccc5c(sc6cc7c(cc65)C(C)(C)CCC7(C)C)c4N(c4ccccc4C)c4cc(-c5ccccc5)cc1c42)C(C)(C)CCC3(C)C. The summed E-state index contributed by atoms with van der Waals surface area (Å²) in [7, 11) is 0. The molecule has 0 spiro atoms. The van der Waals surface area contributed by atoms with Crippen LogP contribution in [-0.2, 0) is 27.1 Å². The Hall–Kier alpha value is -5.58. The van der Waals surface area contributed by atoms with Crippen molar-refractivity contribution in [2.45, 2.75) is 143 Å². The molecule has 0 saturated heterocycles. The van der Waals surface area contributed by atoms with Crippen LogP contribution in [0.1, 0.15) is 141 Å². The van der Waals surface area contributed by atoms with E-state index in [0.717, 1.165) is 0 Å². The van der Waals surface area contributed by atoms with Gasteiger partial charge in [0.25, 0.3) is 6.71 Å². The molecule has 0 unspecified atom stereocenters. The van der Waals surface area contributed by atoms with Crippen LogP contribution in [0.2, 0.25) is 0 Å². The van der Waals surface area contributed by atoms with Crippen molar-refractivity contribution in [3.63, 3.8) is 0 Å². The monoisotopic (exact) mass is 907 g/mol. The van der Waals surface area contributed by atoms with E-state index in [4.69, 9.17) is 0 Å². The van der Waals surface area contributed by atoms with E-state index in [1.54, 1.807) is 0 Å². The van der Waals surface area contributed by atoms with Gasteiger partial charge in [0.05, 0.1) is 10.4 Å². The van der Waals surface area contributed by atoms with Gasteiger partial charge in [0, 0.05) is 43.9 Å². The zero-order valence-electron chi connectivity index (χ0n) is 42.8. The number of aryl methyl sites for hydroxylation is 2. The van der Waals surface area contributed by atoms with E-state index < -0.39 is 0 Å². The lowest BCUT2D eigenvalue weighted by atomic mass is 9.33. The number of thiophene rings is 1. The Kier molecular flexibility index (Phi) is 9.31. The quantitative estimate of drug-likeness (QED) is 0.163. The second kappa shape index (κ2) is 14.5. The van der Waals surface area contributed by atoms with Gasteiger partial charge in [-0.25, -0.2) is 0 Å². The van der Waals surface area contributed by atoms with Crippen LogP contribution in [0.3, 0.4) is 0 Å². The Balaban J connectivity index is 1.25. The van der Waals surface area contributed by atoms with Crippen LogP contribution in [0, 0.1) is 13.8 Å². The third-order valence-corrected chi connectivity index (χ3v) is 18.6. The van der Waals surface area contributed by atoms with Crippen molar-refractivity contribution in [3.05, 3.63) is 160 Å². The molecule has 2 aliphatic heterocycles. The zero-order chi connectivity index (χ0) is 47.6. The van der Waals surface area contributed by atoms with E-state index in [-0.39, 0.29) is 33.8 Å². The van der Waals surface area contributed by atoms with Gasteiger partial charge in [0.15, 0.2) is 0 Å². The summed E-state index contributed by atoms with van der Waals surface area (Å²) in [4.78, 5) is 5.38. The summed E-state index contributed by atoms with van der Waals surface area (Å²) in [5.41, 5.74) is 24.8. The summed E-state index contributed by atoms with van der Waals surface area (Å²) in [6.45, 7) is 31.5. The predicted molar refractivity (Wildman–Crippen MR) is 298 cm³/mol. The predicted octanol–water partition coefficient (Wildman–Crippen LogP) is 16.4. The maximum Gasteiger partial charge on any atom is 0.252 e. The average molecular weight is 907 g/mol. The fraction of sp³-hybridized carbons (Fsp3) is 0.344. The van der Waals surface area contributed by atoms with Crippen LogP contribution in [0.4, 0.5) is 34.1 Å². The summed E-state index contributed by atoms with van der Waals surface area (Å²) < 4.78 is 2.78. The molecule has 0 atom stereocenters. The summed E-state index contributed by atoms with van der Waals surface area (Å²) in [5.74, 6) is 0. The van der Waals surface area contributed by atoms with Gasteiger partial charge in [-0.15, -0.1) is 11.3 Å². The van der Waals surface area contributed by atoms with Gasteiger partial charge < -0.3 is 9.80 Å². The van der Waals surface area contributed by atoms with Crippen molar-refractivity contribution in [2.75, 3.05) is 9.80 Å². The maximum atomic E-state index is 2.70. The first-order chi connectivity index (χ1) is 32.1. The first kappa shape index (κ1) is 43.7. The number of fused-ring (bicyclic) bond motifs is 10. The molecule has 1 aromatic heterocycles. The van der Waals surface area contributed by atoms with Gasteiger partial charge in [-0.3, -0.25) is 0 Å². The second-order valence-electron chi connectivity index (χ2n) is 24.8. The molecule has 4 aliphatic rings. The molecule has 12 rings (SSSR count). The summed E-state index contributed by atoms with van der Waals surface area (Å²) in [5, 5.41) is 2.77. The van der Waals surface area contributed by atoms with E-state index >= 15 is 0 Å². The normalized spacial score (nSPS) is 18.2. The van der Waals surface area contributed by atoms with Crippen molar-refractivity contribution >= 4 is 88.7 Å². The molecule has 3 heterocycles. The highest BCUT2D eigenvalue weighted by atomic mass is 32.1. The number of nitrogens with zero attached hydrogens (tertiary/aromatic N) is 2. The number of benzene rings is 7. The Morgan fingerprint density at radius 1 is 0.471 bits per heavy atom. The minimum Gasteiger partial charge on any atom is -0.311 e. The average Bonchev–Trinajstić information content (AvgIpc) is 3.67.